The zero-order chi connectivity index (χ0) is 13.3. The highest BCUT2D eigenvalue weighted by atomic mass is 16.5. The first-order valence-corrected chi connectivity index (χ1v) is 6.40. The largest absolute Gasteiger partial charge is 0.383 e. The molecule has 0 aromatic carbocycles. The third kappa shape index (κ3) is 5.49. The number of ether oxygens (including phenoxy) is 1. The smallest absolute Gasteiger partial charge is 0.116 e. The van der Waals surface area contributed by atoms with E-state index in [1.54, 1.807) is 7.11 Å². The van der Waals surface area contributed by atoms with Crippen molar-refractivity contribution in [2.75, 3.05) is 33.9 Å². The molecule has 0 aliphatic rings. The molecule has 0 bridgehead atoms. The summed E-state index contributed by atoms with van der Waals surface area (Å²) < 4.78 is 5.15. The molecular weight excluding hydrogens is 214 g/mol. The molecule has 0 saturated heterocycles. The van der Waals surface area contributed by atoms with Crippen molar-refractivity contribution >= 4 is 0 Å². The molecule has 0 aliphatic heterocycles. The minimum atomic E-state index is -0.490. The molecule has 0 heterocycles. The molecule has 0 spiro atoms. The Bertz CT molecular complexity index is 235. The Kier molecular flexibility index (Phi) is 8.15. The fraction of sp³-hybridized carbons (Fsp3) is 0.923. The minimum Gasteiger partial charge on any atom is -0.383 e. The monoisotopic (exact) mass is 241 g/mol. The van der Waals surface area contributed by atoms with Crippen LogP contribution in [0.4, 0.5) is 0 Å². The van der Waals surface area contributed by atoms with Gasteiger partial charge in [-0.3, -0.25) is 4.90 Å². The molecule has 1 unspecified atom stereocenters. The number of nitriles is 1. The highest BCUT2D eigenvalue weighted by Crippen LogP contribution is 2.13. The van der Waals surface area contributed by atoms with Crippen LogP contribution in [-0.2, 0) is 4.74 Å². The number of nitrogens with one attached hydrogen (secondary N) is 1. The number of nitrogens with zero attached hydrogens (tertiary/aromatic N) is 2. The summed E-state index contributed by atoms with van der Waals surface area (Å²) in [5.41, 5.74) is -0.490. The maximum Gasteiger partial charge on any atom is 0.116 e. The van der Waals surface area contributed by atoms with Gasteiger partial charge in [-0.15, -0.1) is 0 Å². The standard InChI is InChI=1S/C13H27N3O/c1-6-12(7-2)16(8-9-17-5)11-13(3,10-14)15-4/h12,15H,6-9,11H2,1-5H3. The lowest BCUT2D eigenvalue weighted by molar-refractivity contribution is 0.101. The van der Waals surface area contributed by atoms with Crippen LogP contribution in [0.25, 0.3) is 0 Å². The van der Waals surface area contributed by atoms with Gasteiger partial charge in [0.2, 0.25) is 0 Å². The average molecular weight is 241 g/mol. The van der Waals surface area contributed by atoms with Gasteiger partial charge in [-0.05, 0) is 26.8 Å². The van der Waals surface area contributed by atoms with Gasteiger partial charge < -0.3 is 10.1 Å². The fourth-order valence-corrected chi connectivity index (χ4v) is 1.98. The van der Waals surface area contributed by atoms with Crippen molar-refractivity contribution in [3.05, 3.63) is 0 Å². The lowest BCUT2D eigenvalue weighted by Gasteiger charge is -2.35. The fourth-order valence-electron chi connectivity index (χ4n) is 1.98. The summed E-state index contributed by atoms with van der Waals surface area (Å²) in [5.74, 6) is 0. The molecule has 4 heteroatoms. The second kappa shape index (κ2) is 8.46. The molecule has 0 amide bonds. The topological polar surface area (TPSA) is 48.3 Å². The molecule has 17 heavy (non-hydrogen) atoms. The van der Waals surface area contributed by atoms with E-state index in [-0.39, 0.29) is 0 Å². The molecule has 4 nitrogen and oxygen atoms in total. The van der Waals surface area contributed by atoms with Gasteiger partial charge in [-0.25, -0.2) is 0 Å². The van der Waals surface area contributed by atoms with E-state index in [9.17, 15) is 5.26 Å². The van der Waals surface area contributed by atoms with Gasteiger partial charge in [0.05, 0.1) is 12.7 Å². The Morgan fingerprint density at radius 2 is 2.00 bits per heavy atom. The number of hydrogen-bond donors (Lipinski definition) is 1. The van der Waals surface area contributed by atoms with Gasteiger partial charge in [0, 0.05) is 26.2 Å². The predicted octanol–water partition coefficient (Wildman–Crippen LogP) is 1.63. The Labute approximate surface area is 106 Å². The molecule has 0 aromatic heterocycles. The van der Waals surface area contributed by atoms with Gasteiger partial charge in [0.15, 0.2) is 0 Å². The van der Waals surface area contributed by atoms with Crippen LogP contribution in [0.15, 0.2) is 0 Å². The normalized spacial score (nSPS) is 14.9. The van der Waals surface area contributed by atoms with Gasteiger partial charge in [-0.1, -0.05) is 13.8 Å². The van der Waals surface area contributed by atoms with E-state index >= 15 is 0 Å². The van der Waals surface area contributed by atoms with Crippen LogP contribution >= 0.6 is 0 Å². The minimum absolute atomic E-state index is 0.490. The first-order chi connectivity index (χ1) is 8.06. The molecule has 0 aromatic rings. The average Bonchev–Trinajstić information content (AvgIpc) is 2.36. The van der Waals surface area contributed by atoms with E-state index in [0.717, 1.165) is 25.9 Å². The first kappa shape index (κ1) is 16.4. The van der Waals surface area contributed by atoms with E-state index < -0.39 is 5.54 Å². The van der Waals surface area contributed by atoms with Gasteiger partial charge in [-0.2, -0.15) is 5.26 Å². The Morgan fingerprint density at radius 1 is 1.41 bits per heavy atom. The highest BCUT2D eigenvalue weighted by molar-refractivity contribution is 5.05. The van der Waals surface area contributed by atoms with Gasteiger partial charge in [0.1, 0.15) is 5.54 Å². The summed E-state index contributed by atoms with van der Waals surface area (Å²) in [4.78, 5) is 2.35. The maximum atomic E-state index is 9.22. The first-order valence-electron chi connectivity index (χ1n) is 6.40. The third-order valence-corrected chi connectivity index (χ3v) is 3.36. The summed E-state index contributed by atoms with van der Waals surface area (Å²) in [6.45, 7) is 8.64. The lowest BCUT2D eigenvalue weighted by atomic mass is 10.0. The summed E-state index contributed by atoms with van der Waals surface area (Å²) in [7, 11) is 3.55. The second-order valence-electron chi connectivity index (χ2n) is 4.63. The molecular formula is C13H27N3O. The van der Waals surface area contributed by atoms with Crippen molar-refractivity contribution in [3.63, 3.8) is 0 Å². The van der Waals surface area contributed by atoms with Crippen LogP contribution in [0.2, 0.25) is 0 Å². The van der Waals surface area contributed by atoms with E-state index in [1.807, 2.05) is 14.0 Å². The van der Waals surface area contributed by atoms with Crippen LogP contribution in [0.3, 0.4) is 0 Å². The lowest BCUT2D eigenvalue weighted by Crippen LogP contribution is -2.52. The molecule has 100 valence electrons. The molecule has 0 fully saturated rings. The number of hydrogen-bond acceptors (Lipinski definition) is 4. The second-order valence-corrected chi connectivity index (χ2v) is 4.63. The van der Waals surface area contributed by atoms with Gasteiger partial charge in [0.25, 0.3) is 0 Å². The molecule has 0 saturated carbocycles. The summed E-state index contributed by atoms with van der Waals surface area (Å²) >= 11 is 0. The summed E-state index contributed by atoms with van der Waals surface area (Å²) in [6, 6.07) is 2.86. The number of rotatable bonds is 9. The molecule has 0 radical (unpaired) electrons. The summed E-state index contributed by atoms with van der Waals surface area (Å²) in [6.07, 6.45) is 2.21. The SMILES string of the molecule is CCC(CC)N(CCOC)CC(C)(C#N)NC. The Hall–Kier alpha value is -0.630. The zero-order valence-electron chi connectivity index (χ0n) is 11.9. The maximum absolute atomic E-state index is 9.22. The van der Waals surface area contributed by atoms with E-state index in [1.165, 1.54) is 0 Å². The Balaban J connectivity index is 4.62. The summed E-state index contributed by atoms with van der Waals surface area (Å²) in [5, 5.41) is 12.3. The highest BCUT2D eigenvalue weighted by Gasteiger charge is 2.27. The third-order valence-electron chi connectivity index (χ3n) is 3.36. The van der Waals surface area contributed by atoms with Gasteiger partial charge >= 0.3 is 0 Å². The quantitative estimate of drug-likeness (QED) is 0.666. The van der Waals surface area contributed by atoms with Crippen LogP contribution < -0.4 is 5.32 Å². The van der Waals surface area contributed by atoms with Crippen LogP contribution in [0, 0.1) is 11.3 Å². The molecule has 0 aliphatic carbocycles. The van der Waals surface area contributed by atoms with Crippen molar-refractivity contribution in [2.45, 2.75) is 45.2 Å². The van der Waals surface area contributed by atoms with Crippen molar-refractivity contribution in [1.82, 2.24) is 10.2 Å². The Morgan fingerprint density at radius 3 is 2.35 bits per heavy atom. The van der Waals surface area contributed by atoms with E-state index in [4.69, 9.17) is 4.74 Å². The predicted molar refractivity (Wildman–Crippen MR) is 70.9 cm³/mol. The molecule has 1 N–H and O–H groups in total. The van der Waals surface area contributed by atoms with Crippen molar-refractivity contribution in [3.8, 4) is 6.07 Å². The number of methoxy groups -OCH3 is 1. The molecule has 0 rings (SSSR count). The van der Waals surface area contributed by atoms with Crippen molar-refractivity contribution < 1.29 is 4.74 Å². The van der Waals surface area contributed by atoms with Crippen molar-refractivity contribution in [2.24, 2.45) is 0 Å². The van der Waals surface area contributed by atoms with Crippen LogP contribution in [0.5, 0.6) is 0 Å². The van der Waals surface area contributed by atoms with Crippen LogP contribution in [-0.4, -0.2) is 50.3 Å². The van der Waals surface area contributed by atoms with E-state index in [2.05, 4.69) is 30.1 Å². The van der Waals surface area contributed by atoms with Crippen molar-refractivity contribution in [1.29, 1.82) is 5.26 Å². The number of likely N-dealkylation sites (N-methyl/N-ethyl adjacent to an activating group) is 1. The van der Waals surface area contributed by atoms with Crippen LogP contribution in [0.1, 0.15) is 33.6 Å². The zero-order valence-corrected chi connectivity index (χ0v) is 11.9. The van der Waals surface area contributed by atoms with E-state index in [0.29, 0.717) is 12.6 Å². The molecule has 1 atom stereocenters.